The average Bonchev–Trinajstić information content (AvgIpc) is 2.63. The number of benzene rings is 2. The lowest BCUT2D eigenvalue weighted by molar-refractivity contribution is -0.0385. The van der Waals surface area contributed by atoms with E-state index in [9.17, 15) is 13.2 Å². The van der Waals surface area contributed by atoms with E-state index in [4.69, 9.17) is 4.74 Å². The van der Waals surface area contributed by atoms with Crippen molar-refractivity contribution in [2.75, 3.05) is 11.9 Å². The summed E-state index contributed by atoms with van der Waals surface area (Å²) in [5.41, 5.74) is 3.31. The Labute approximate surface area is 151 Å². The van der Waals surface area contributed by atoms with Crippen LogP contribution in [-0.2, 0) is 4.74 Å². The first kappa shape index (κ1) is 17.4. The van der Waals surface area contributed by atoms with E-state index in [2.05, 4.69) is 25.2 Å². The lowest BCUT2D eigenvalue weighted by Gasteiger charge is -2.43. The lowest BCUT2D eigenvalue weighted by atomic mass is 9.76. The monoisotopic (exact) mass is 361 g/mol. The molecule has 0 bridgehead atoms. The Morgan fingerprint density at radius 1 is 1.00 bits per heavy atom. The molecular formula is C21H22F3NO. The maximum atomic E-state index is 14.4. The van der Waals surface area contributed by atoms with Crippen LogP contribution in [0.15, 0.2) is 30.3 Å². The van der Waals surface area contributed by atoms with E-state index in [1.165, 1.54) is 5.56 Å². The summed E-state index contributed by atoms with van der Waals surface area (Å²) in [6, 6.07) is 7.31. The number of ether oxygens (including phenoxy) is 1. The van der Waals surface area contributed by atoms with Crippen LogP contribution in [0.25, 0.3) is 0 Å². The van der Waals surface area contributed by atoms with E-state index < -0.39 is 23.5 Å². The summed E-state index contributed by atoms with van der Waals surface area (Å²) in [6.45, 7) is 4.92. The zero-order valence-corrected chi connectivity index (χ0v) is 14.9. The third kappa shape index (κ3) is 2.88. The van der Waals surface area contributed by atoms with Gasteiger partial charge in [0.1, 0.15) is 5.82 Å². The summed E-state index contributed by atoms with van der Waals surface area (Å²) >= 11 is 0. The molecule has 1 N–H and O–H groups in total. The van der Waals surface area contributed by atoms with Gasteiger partial charge in [-0.3, -0.25) is 0 Å². The summed E-state index contributed by atoms with van der Waals surface area (Å²) in [4.78, 5) is 0. The third-order valence-electron chi connectivity index (χ3n) is 5.53. The van der Waals surface area contributed by atoms with Crippen LogP contribution in [0.2, 0.25) is 0 Å². The van der Waals surface area contributed by atoms with Crippen molar-refractivity contribution in [3.05, 3.63) is 64.5 Å². The van der Waals surface area contributed by atoms with Crippen LogP contribution in [0, 0.1) is 23.4 Å². The second-order valence-corrected chi connectivity index (χ2v) is 7.51. The first-order valence-electron chi connectivity index (χ1n) is 9.12. The number of hydrogen-bond acceptors (Lipinski definition) is 2. The molecule has 0 spiro atoms. The SMILES string of the molecule is CC(C)c1ccc2c(c1)C1OCCCC1C(c1cc(F)c(F)cc1F)N2. The summed E-state index contributed by atoms with van der Waals surface area (Å²) in [7, 11) is 0. The minimum atomic E-state index is -1.17. The van der Waals surface area contributed by atoms with E-state index in [-0.39, 0.29) is 17.6 Å². The second kappa shape index (κ2) is 6.62. The molecule has 3 atom stereocenters. The van der Waals surface area contributed by atoms with Gasteiger partial charge in [-0.05, 0) is 36.5 Å². The molecule has 3 unspecified atom stereocenters. The minimum Gasteiger partial charge on any atom is -0.377 e. The molecule has 1 saturated heterocycles. The lowest BCUT2D eigenvalue weighted by Crippen LogP contribution is -2.36. The molecule has 0 radical (unpaired) electrons. The molecule has 2 aromatic carbocycles. The summed E-state index contributed by atoms with van der Waals surface area (Å²) in [5, 5.41) is 3.36. The van der Waals surface area contributed by atoms with Crippen LogP contribution in [0.4, 0.5) is 18.9 Å². The van der Waals surface area contributed by atoms with Crippen molar-refractivity contribution in [3.8, 4) is 0 Å². The van der Waals surface area contributed by atoms with Gasteiger partial charge in [-0.25, -0.2) is 13.2 Å². The maximum absolute atomic E-state index is 14.4. The molecule has 2 nitrogen and oxygen atoms in total. The van der Waals surface area contributed by atoms with Crippen molar-refractivity contribution in [1.82, 2.24) is 0 Å². The van der Waals surface area contributed by atoms with Crippen molar-refractivity contribution in [1.29, 1.82) is 0 Å². The van der Waals surface area contributed by atoms with Gasteiger partial charge in [0.05, 0.1) is 12.1 Å². The third-order valence-corrected chi connectivity index (χ3v) is 5.53. The largest absolute Gasteiger partial charge is 0.377 e. The first-order chi connectivity index (χ1) is 12.5. The zero-order valence-electron chi connectivity index (χ0n) is 14.9. The molecule has 138 valence electrons. The molecule has 0 amide bonds. The summed E-state index contributed by atoms with van der Waals surface area (Å²) < 4.78 is 47.6. The second-order valence-electron chi connectivity index (χ2n) is 7.51. The smallest absolute Gasteiger partial charge is 0.161 e. The number of hydrogen-bond donors (Lipinski definition) is 1. The van der Waals surface area contributed by atoms with Crippen LogP contribution >= 0.6 is 0 Å². The molecule has 1 fully saturated rings. The van der Waals surface area contributed by atoms with Gasteiger partial charge in [0, 0.05) is 35.4 Å². The molecule has 2 heterocycles. The summed E-state index contributed by atoms with van der Waals surface area (Å²) in [6.07, 6.45) is 1.53. The van der Waals surface area contributed by atoms with Crippen LogP contribution in [0.3, 0.4) is 0 Å². The highest BCUT2D eigenvalue weighted by Crippen LogP contribution is 2.50. The number of nitrogens with one attached hydrogen (secondary N) is 1. The molecule has 4 rings (SSSR count). The van der Waals surface area contributed by atoms with Gasteiger partial charge in [0.2, 0.25) is 0 Å². The Morgan fingerprint density at radius 2 is 1.77 bits per heavy atom. The Hall–Kier alpha value is -2.01. The van der Waals surface area contributed by atoms with E-state index in [0.717, 1.165) is 30.2 Å². The van der Waals surface area contributed by atoms with Gasteiger partial charge < -0.3 is 10.1 Å². The molecule has 0 aliphatic carbocycles. The number of fused-ring (bicyclic) bond motifs is 3. The highest BCUT2D eigenvalue weighted by atomic mass is 19.2. The zero-order chi connectivity index (χ0) is 18.4. The molecule has 0 aromatic heterocycles. The topological polar surface area (TPSA) is 21.3 Å². The van der Waals surface area contributed by atoms with E-state index in [1.54, 1.807) is 0 Å². The van der Waals surface area contributed by atoms with Crippen molar-refractivity contribution < 1.29 is 17.9 Å². The fraction of sp³-hybridized carbons (Fsp3) is 0.429. The van der Waals surface area contributed by atoms with Crippen LogP contribution < -0.4 is 5.32 Å². The van der Waals surface area contributed by atoms with Gasteiger partial charge in [0.15, 0.2) is 11.6 Å². The van der Waals surface area contributed by atoms with E-state index in [0.29, 0.717) is 18.6 Å². The van der Waals surface area contributed by atoms with Crippen LogP contribution in [0.5, 0.6) is 0 Å². The molecule has 5 heteroatoms. The van der Waals surface area contributed by atoms with Gasteiger partial charge in [-0.1, -0.05) is 26.0 Å². The Bertz CT molecular complexity index is 836. The maximum Gasteiger partial charge on any atom is 0.161 e. The van der Waals surface area contributed by atoms with Crippen molar-refractivity contribution in [2.24, 2.45) is 5.92 Å². The quantitative estimate of drug-likeness (QED) is 0.676. The van der Waals surface area contributed by atoms with Gasteiger partial charge in [-0.15, -0.1) is 0 Å². The normalized spacial score (nSPS) is 24.8. The molecule has 2 aromatic rings. The number of halogens is 3. The number of anilines is 1. The standard InChI is InChI=1S/C21H22F3NO/c1-11(2)12-5-6-19-15(8-12)21-13(4-3-7-26-21)20(25-19)14-9-17(23)18(24)10-16(14)22/h5-6,8-11,13,20-21,25H,3-4,7H2,1-2H3. The van der Waals surface area contributed by atoms with Crippen LogP contribution in [-0.4, -0.2) is 6.61 Å². The van der Waals surface area contributed by atoms with Crippen molar-refractivity contribution >= 4 is 5.69 Å². The predicted molar refractivity (Wildman–Crippen MR) is 94.6 cm³/mol. The van der Waals surface area contributed by atoms with Crippen molar-refractivity contribution in [2.45, 2.75) is 44.8 Å². The molecule has 2 aliphatic heterocycles. The molecule has 2 aliphatic rings. The van der Waals surface area contributed by atoms with Gasteiger partial charge in [-0.2, -0.15) is 0 Å². The average molecular weight is 361 g/mol. The molecule has 0 saturated carbocycles. The highest BCUT2D eigenvalue weighted by molar-refractivity contribution is 5.58. The summed E-state index contributed by atoms with van der Waals surface area (Å²) in [5.74, 6) is -2.56. The predicted octanol–water partition coefficient (Wildman–Crippen LogP) is 5.86. The highest BCUT2D eigenvalue weighted by Gasteiger charge is 2.41. The molecular weight excluding hydrogens is 339 g/mol. The van der Waals surface area contributed by atoms with Gasteiger partial charge >= 0.3 is 0 Å². The van der Waals surface area contributed by atoms with E-state index >= 15 is 0 Å². The van der Waals surface area contributed by atoms with Crippen LogP contribution in [0.1, 0.15) is 61.4 Å². The van der Waals surface area contributed by atoms with Crippen molar-refractivity contribution in [3.63, 3.8) is 0 Å². The number of rotatable bonds is 2. The minimum absolute atomic E-state index is 0.0296. The fourth-order valence-electron chi connectivity index (χ4n) is 4.13. The first-order valence-corrected chi connectivity index (χ1v) is 9.12. The Balaban J connectivity index is 1.80. The Kier molecular flexibility index (Phi) is 4.43. The fourth-order valence-corrected chi connectivity index (χ4v) is 4.13. The van der Waals surface area contributed by atoms with Gasteiger partial charge in [0.25, 0.3) is 0 Å². The Morgan fingerprint density at radius 3 is 2.54 bits per heavy atom. The van der Waals surface area contributed by atoms with E-state index in [1.807, 2.05) is 12.1 Å². The molecule has 26 heavy (non-hydrogen) atoms.